The number of piperazine rings is 1. The zero-order valence-electron chi connectivity index (χ0n) is 11.9. The van der Waals surface area contributed by atoms with Crippen LogP contribution in [0.3, 0.4) is 0 Å². The van der Waals surface area contributed by atoms with E-state index in [1.807, 2.05) is 0 Å². The Morgan fingerprint density at radius 1 is 1.43 bits per heavy atom. The number of carbonyl (C=O) groups is 1. The molecule has 1 atom stereocenters. The summed E-state index contributed by atoms with van der Waals surface area (Å²) in [6, 6.07) is 5.91. The second-order valence-electron chi connectivity index (χ2n) is 4.85. The Morgan fingerprint density at radius 3 is 2.67 bits per heavy atom. The van der Waals surface area contributed by atoms with Crippen molar-refractivity contribution >= 4 is 15.9 Å². The Hall–Kier alpha value is -1.32. The van der Waals surface area contributed by atoms with E-state index >= 15 is 0 Å². The molecular formula is C13H18N2O5S. The average molecular weight is 314 g/mol. The monoisotopic (exact) mass is 314 g/mol. The maximum absolute atomic E-state index is 12.3. The van der Waals surface area contributed by atoms with Crippen LogP contribution in [0, 0.1) is 0 Å². The van der Waals surface area contributed by atoms with Crippen LogP contribution in [0.2, 0.25) is 0 Å². The van der Waals surface area contributed by atoms with Crippen molar-refractivity contribution in [2.45, 2.75) is 17.4 Å². The van der Waals surface area contributed by atoms with Crippen LogP contribution in [0.25, 0.3) is 0 Å². The van der Waals surface area contributed by atoms with Crippen molar-refractivity contribution in [1.82, 2.24) is 10.4 Å². The summed E-state index contributed by atoms with van der Waals surface area (Å²) in [5.41, 5.74) is -1.09. The number of benzene rings is 1. The molecule has 1 aromatic carbocycles. The fourth-order valence-corrected chi connectivity index (χ4v) is 3.49. The lowest BCUT2D eigenvalue weighted by Crippen LogP contribution is -2.62. The summed E-state index contributed by atoms with van der Waals surface area (Å²) in [5.74, 6) is -0.271. The minimum Gasteiger partial charge on any atom is -0.313 e. The molecule has 0 aromatic heterocycles. The van der Waals surface area contributed by atoms with Gasteiger partial charge in [0.2, 0.25) is 0 Å². The summed E-state index contributed by atoms with van der Waals surface area (Å²) in [7, 11) is -3.02. The van der Waals surface area contributed by atoms with Crippen LogP contribution in [-0.2, 0) is 25.3 Å². The zero-order chi connectivity index (χ0) is 15.7. The van der Waals surface area contributed by atoms with Crippen molar-refractivity contribution in [3.05, 3.63) is 29.8 Å². The Balaban J connectivity index is 2.72. The van der Waals surface area contributed by atoms with E-state index < -0.39 is 15.7 Å². The van der Waals surface area contributed by atoms with E-state index in [-0.39, 0.29) is 22.8 Å². The van der Waals surface area contributed by atoms with Crippen LogP contribution >= 0.6 is 0 Å². The van der Waals surface area contributed by atoms with Crippen LogP contribution in [0.1, 0.15) is 12.5 Å². The molecule has 2 N–H and O–H groups in total. The smallest absolute Gasteiger partial charge is 0.294 e. The molecule has 0 aliphatic carbocycles. The van der Waals surface area contributed by atoms with Gasteiger partial charge in [0.25, 0.3) is 10.1 Å². The number of hydroxylamine groups is 2. The first kappa shape index (κ1) is 16.1. The molecule has 0 saturated carbocycles. The molecule has 1 saturated heterocycles. The highest BCUT2D eigenvalue weighted by molar-refractivity contribution is 7.85. The van der Waals surface area contributed by atoms with Crippen molar-refractivity contribution in [1.29, 1.82) is 0 Å². The van der Waals surface area contributed by atoms with Crippen LogP contribution < -0.4 is 5.32 Å². The van der Waals surface area contributed by atoms with Gasteiger partial charge in [0, 0.05) is 25.2 Å². The maximum Gasteiger partial charge on any atom is 0.294 e. The van der Waals surface area contributed by atoms with E-state index in [2.05, 4.69) is 5.32 Å². The largest absolute Gasteiger partial charge is 0.313 e. The lowest BCUT2D eigenvalue weighted by atomic mass is 9.84. The van der Waals surface area contributed by atoms with Crippen LogP contribution in [-0.4, -0.2) is 50.6 Å². The van der Waals surface area contributed by atoms with Gasteiger partial charge < -0.3 is 10.2 Å². The Bertz CT molecular complexity index is 646. The van der Waals surface area contributed by atoms with Crippen molar-refractivity contribution in [3.63, 3.8) is 0 Å². The van der Waals surface area contributed by atoms with Gasteiger partial charge in [0.1, 0.15) is 5.54 Å². The lowest BCUT2D eigenvalue weighted by molar-refractivity contribution is -0.214. The first-order valence-electron chi connectivity index (χ1n) is 6.44. The fraction of sp³-hybridized carbons (Fsp3) is 0.462. The van der Waals surface area contributed by atoms with E-state index in [1.54, 1.807) is 6.07 Å². The predicted molar refractivity (Wildman–Crippen MR) is 75.2 cm³/mol. The molecule has 1 aliphatic heterocycles. The molecule has 1 heterocycles. The van der Waals surface area contributed by atoms with Crippen LogP contribution in [0.15, 0.2) is 29.2 Å². The standard InChI is InChI=1S/C13H18N2O5S/c1-10(16)13(9-14-7-8-15(13)20-2)11-5-3-4-6-12(11)21(17,18)19/h3-6,14H,7-9H2,1-2H3,(H,17,18,19). The topological polar surface area (TPSA) is 95.9 Å². The van der Waals surface area contributed by atoms with Crippen LogP contribution in [0.4, 0.5) is 0 Å². The normalized spacial score (nSPS) is 24.0. The molecule has 1 aliphatic rings. The molecule has 0 spiro atoms. The van der Waals surface area contributed by atoms with Gasteiger partial charge in [0.15, 0.2) is 5.78 Å². The molecule has 116 valence electrons. The highest BCUT2D eigenvalue weighted by Crippen LogP contribution is 2.35. The van der Waals surface area contributed by atoms with E-state index in [9.17, 15) is 17.8 Å². The SMILES string of the molecule is CON1CCNCC1(C(C)=O)c1ccccc1S(=O)(=O)O. The van der Waals surface area contributed by atoms with E-state index in [0.717, 1.165) is 0 Å². The number of carbonyl (C=O) groups excluding carboxylic acids is 1. The molecule has 1 aromatic rings. The minimum atomic E-state index is -4.45. The first-order valence-corrected chi connectivity index (χ1v) is 7.88. The Labute approximate surface area is 123 Å². The van der Waals surface area contributed by atoms with Gasteiger partial charge in [-0.1, -0.05) is 18.2 Å². The number of nitrogens with one attached hydrogen (secondary N) is 1. The molecule has 1 unspecified atom stereocenters. The zero-order valence-corrected chi connectivity index (χ0v) is 12.7. The van der Waals surface area contributed by atoms with E-state index in [4.69, 9.17) is 4.84 Å². The summed E-state index contributed by atoms with van der Waals surface area (Å²) in [5, 5.41) is 4.53. The highest BCUT2D eigenvalue weighted by atomic mass is 32.2. The second kappa shape index (κ2) is 5.82. The highest BCUT2D eigenvalue weighted by Gasteiger charge is 2.48. The third kappa shape index (κ3) is 2.72. The van der Waals surface area contributed by atoms with Gasteiger partial charge in [-0.05, 0) is 13.0 Å². The quantitative estimate of drug-likeness (QED) is 0.766. The van der Waals surface area contributed by atoms with Crippen molar-refractivity contribution < 1.29 is 22.6 Å². The molecule has 0 amide bonds. The first-order chi connectivity index (χ1) is 9.84. The third-order valence-corrected chi connectivity index (χ3v) is 4.62. The second-order valence-corrected chi connectivity index (χ2v) is 6.24. The Morgan fingerprint density at radius 2 is 2.10 bits per heavy atom. The Kier molecular flexibility index (Phi) is 4.45. The molecule has 0 bridgehead atoms. The summed E-state index contributed by atoms with van der Waals surface area (Å²) in [4.78, 5) is 17.3. The van der Waals surface area contributed by atoms with Gasteiger partial charge >= 0.3 is 0 Å². The number of hydrogen-bond acceptors (Lipinski definition) is 6. The van der Waals surface area contributed by atoms with Gasteiger partial charge in [0.05, 0.1) is 12.0 Å². The van der Waals surface area contributed by atoms with Gasteiger partial charge in [-0.2, -0.15) is 13.5 Å². The minimum absolute atomic E-state index is 0.197. The third-order valence-electron chi connectivity index (χ3n) is 3.71. The van der Waals surface area contributed by atoms with Crippen molar-refractivity contribution in [3.8, 4) is 0 Å². The van der Waals surface area contributed by atoms with E-state index in [1.165, 1.54) is 37.3 Å². The summed E-state index contributed by atoms with van der Waals surface area (Å²) in [6.07, 6.45) is 0. The van der Waals surface area contributed by atoms with Crippen molar-refractivity contribution in [2.24, 2.45) is 0 Å². The molecular weight excluding hydrogens is 296 g/mol. The molecule has 2 rings (SSSR count). The van der Waals surface area contributed by atoms with Crippen LogP contribution in [0.5, 0.6) is 0 Å². The summed E-state index contributed by atoms with van der Waals surface area (Å²) < 4.78 is 32.7. The molecule has 0 radical (unpaired) electrons. The fourth-order valence-electron chi connectivity index (χ4n) is 2.73. The van der Waals surface area contributed by atoms with Gasteiger partial charge in [-0.15, -0.1) is 0 Å². The molecule has 1 fully saturated rings. The lowest BCUT2D eigenvalue weighted by Gasteiger charge is -2.44. The van der Waals surface area contributed by atoms with Gasteiger partial charge in [-0.25, -0.2) is 0 Å². The maximum atomic E-state index is 12.3. The molecule has 8 heteroatoms. The number of rotatable bonds is 4. The molecule has 7 nitrogen and oxygen atoms in total. The number of nitrogens with zero attached hydrogens (tertiary/aromatic N) is 1. The number of hydrogen-bond donors (Lipinski definition) is 2. The van der Waals surface area contributed by atoms with Crippen molar-refractivity contribution in [2.75, 3.05) is 26.7 Å². The predicted octanol–water partition coefficient (Wildman–Crippen LogP) is 0.184. The van der Waals surface area contributed by atoms with E-state index in [0.29, 0.717) is 13.1 Å². The number of Topliss-reactive ketones (excluding diaryl/α,β-unsaturated/α-hetero) is 1. The average Bonchev–Trinajstić information content (AvgIpc) is 2.46. The van der Waals surface area contributed by atoms with Gasteiger partial charge in [-0.3, -0.25) is 9.35 Å². The molecule has 21 heavy (non-hydrogen) atoms. The summed E-state index contributed by atoms with van der Waals surface area (Å²) in [6.45, 7) is 2.59. The summed E-state index contributed by atoms with van der Waals surface area (Å²) >= 11 is 0. The number of ketones is 1.